The van der Waals surface area contributed by atoms with Gasteiger partial charge < -0.3 is 15.3 Å². The lowest BCUT2D eigenvalue weighted by Crippen LogP contribution is -2.52. The second-order valence-electron chi connectivity index (χ2n) is 6.12. The largest absolute Gasteiger partial charge is 0.393 e. The maximum atomic E-state index is 9.94. The van der Waals surface area contributed by atoms with Crippen LogP contribution >= 0.6 is 11.3 Å². The van der Waals surface area contributed by atoms with Gasteiger partial charge in [0.15, 0.2) is 0 Å². The third-order valence-electron chi connectivity index (χ3n) is 3.85. The number of rotatable bonds is 5. The highest BCUT2D eigenvalue weighted by Crippen LogP contribution is 2.27. The summed E-state index contributed by atoms with van der Waals surface area (Å²) in [6, 6.07) is 2.66. The van der Waals surface area contributed by atoms with Gasteiger partial charge in [0.2, 0.25) is 0 Å². The van der Waals surface area contributed by atoms with E-state index in [0.29, 0.717) is 17.9 Å². The van der Waals surface area contributed by atoms with Gasteiger partial charge in [0.25, 0.3) is 0 Å². The molecule has 1 aliphatic rings. The molecule has 0 saturated carbocycles. The smallest absolute Gasteiger partial charge is 0.0557 e. The Morgan fingerprint density at radius 1 is 1.42 bits per heavy atom. The van der Waals surface area contributed by atoms with Crippen molar-refractivity contribution >= 4 is 17.0 Å². The molecule has 1 saturated heterocycles. The van der Waals surface area contributed by atoms with Crippen molar-refractivity contribution in [2.24, 2.45) is 11.8 Å². The minimum absolute atomic E-state index is 0.232. The zero-order chi connectivity index (χ0) is 13.8. The SMILES string of the molecule is CC(C)CNC1CC(C(C)O)CN(c2ccsc2)C1. The standard InChI is InChI=1S/C15H26N2OS/c1-11(2)7-16-14-6-13(12(3)18)8-17(9-14)15-4-5-19-10-15/h4-5,10-14,16,18H,6-9H2,1-3H3. The number of aliphatic hydroxyl groups is 1. The van der Waals surface area contributed by atoms with E-state index in [-0.39, 0.29) is 6.10 Å². The van der Waals surface area contributed by atoms with Gasteiger partial charge in [-0.05, 0) is 37.3 Å². The minimum Gasteiger partial charge on any atom is -0.393 e. The average Bonchev–Trinajstić information content (AvgIpc) is 2.89. The fraction of sp³-hybridized carbons (Fsp3) is 0.733. The van der Waals surface area contributed by atoms with E-state index in [4.69, 9.17) is 0 Å². The van der Waals surface area contributed by atoms with E-state index in [1.165, 1.54) is 5.69 Å². The van der Waals surface area contributed by atoms with Crippen molar-refractivity contribution in [3.63, 3.8) is 0 Å². The number of thiophene rings is 1. The van der Waals surface area contributed by atoms with Crippen molar-refractivity contribution in [3.05, 3.63) is 16.8 Å². The first-order valence-corrected chi connectivity index (χ1v) is 8.19. The molecule has 2 N–H and O–H groups in total. The van der Waals surface area contributed by atoms with Crippen molar-refractivity contribution < 1.29 is 5.11 Å². The van der Waals surface area contributed by atoms with Gasteiger partial charge in [-0.1, -0.05) is 13.8 Å². The molecule has 2 rings (SSSR count). The first-order valence-electron chi connectivity index (χ1n) is 7.25. The lowest BCUT2D eigenvalue weighted by atomic mass is 9.90. The Kier molecular flexibility index (Phi) is 5.25. The molecule has 3 atom stereocenters. The highest BCUT2D eigenvalue weighted by Gasteiger charge is 2.29. The molecular formula is C15H26N2OS. The Hall–Kier alpha value is -0.580. The molecule has 0 spiro atoms. The molecule has 1 aromatic heterocycles. The minimum atomic E-state index is -0.232. The van der Waals surface area contributed by atoms with Crippen LogP contribution in [0.3, 0.4) is 0 Å². The molecule has 0 amide bonds. The molecule has 4 heteroatoms. The van der Waals surface area contributed by atoms with Crippen molar-refractivity contribution in [2.75, 3.05) is 24.5 Å². The number of nitrogens with zero attached hydrogens (tertiary/aromatic N) is 1. The molecule has 3 unspecified atom stereocenters. The van der Waals surface area contributed by atoms with Gasteiger partial charge in [0, 0.05) is 36.1 Å². The first kappa shape index (κ1) is 14.8. The Morgan fingerprint density at radius 3 is 2.79 bits per heavy atom. The van der Waals surface area contributed by atoms with Crippen LogP contribution in [0, 0.1) is 11.8 Å². The quantitative estimate of drug-likeness (QED) is 0.871. The van der Waals surface area contributed by atoms with Crippen LogP contribution in [-0.4, -0.2) is 36.9 Å². The molecule has 0 aliphatic carbocycles. The molecule has 19 heavy (non-hydrogen) atoms. The monoisotopic (exact) mass is 282 g/mol. The van der Waals surface area contributed by atoms with Crippen LogP contribution < -0.4 is 10.2 Å². The zero-order valence-electron chi connectivity index (χ0n) is 12.2. The molecular weight excluding hydrogens is 256 g/mol. The molecule has 0 aromatic carbocycles. The number of hydrogen-bond donors (Lipinski definition) is 2. The summed E-state index contributed by atoms with van der Waals surface area (Å²) in [4.78, 5) is 2.41. The van der Waals surface area contributed by atoms with Gasteiger partial charge in [-0.15, -0.1) is 0 Å². The second-order valence-corrected chi connectivity index (χ2v) is 6.90. The molecule has 0 radical (unpaired) electrons. The Bertz CT molecular complexity index is 364. The Labute approximate surface area is 120 Å². The summed E-state index contributed by atoms with van der Waals surface area (Å²) in [5, 5.41) is 17.9. The number of nitrogens with one attached hydrogen (secondary N) is 1. The van der Waals surface area contributed by atoms with E-state index in [9.17, 15) is 5.11 Å². The van der Waals surface area contributed by atoms with Crippen LogP contribution in [0.25, 0.3) is 0 Å². The van der Waals surface area contributed by atoms with Crippen molar-refractivity contribution in [1.82, 2.24) is 5.32 Å². The van der Waals surface area contributed by atoms with E-state index >= 15 is 0 Å². The summed E-state index contributed by atoms with van der Waals surface area (Å²) in [5.41, 5.74) is 1.30. The van der Waals surface area contributed by atoms with Gasteiger partial charge in [-0.2, -0.15) is 11.3 Å². The predicted octanol–water partition coefficient (Wildman–Crippen LogP) is 2.57. The van der Waals surface area contributed by atoms with E-state index in [1.54, 1.807) is 11.3 Å². The van der Waals surface area contributed by atoms with E-state index in [0.717, 1.165) is 26.1 Å². The summed E-state index contributed by atoms with van der Waals surface area (Å²) in [5.74, 6) is 1.03. The molecule has 3 nitrogen and oxygen atoms in total. The summed E-state index contributed by atoms with van der Waals surface area (Å²) in [7, 11) is 0. The first-order chi connectivity index (χ1) is 9.06. The van der Waals surface area contributed by atoms with Crippen LogP contribution in [0.4, 0.5) is 5.69 Å². The second kappa shape index (κ2) is 6.73. The molecule has 1 fully saturated rings. The molecule has 108 valence electrons. The average molecular weight is 282 g/mol. The Balaban J connectivity index is 2.00. The van der Waals surface area contributed by atoms with Gasteiger partial charge in [-0.25, -0.2) is 0 Å². The summed E-state index contributed by atoms with van der Waals surface area (Å²) < 4.78 is 0. The Morgan fingerprint density at radius 2 is 2.21 bits per heavy atom. The van der Waals surface area contributed by atoms with Crippen LogP contribution in [0.2, 0.25) is 0 Å². The van der Waals surface area contributed by atoms with E-state index in [1.807, 2.05) is 6.92 Å². The summed E-state index contributed by atoms with van der Waals surface area (Å²) in [6.45, 7) is 9.45. The molecule has 1 aliphatic heterocycles. The maximum Gasteiger partial charge on any atom is 0.0557 e. The highest BCUT2D eigenvalue weighted by molar-refractivity contribution is 7.08. The van der Waals surface area contributed by atoms with Crippen LogP contribution in [0.15, 0.2) is 16.8 Å². The predicted molar refractivity (Wildman–Crippen MR) is 82.9 cm³/mol. The topological polar surface area (TPSA) is 35.5 Å². The molecule has 2 heterocycles. The maximum absolute atomic E-state index is 9.94. The molecule has 1 aromatic rings. The van der Waals surface area contributed by atoms with Crippen molar-refractivity contribution in [3.8, 4) is 0 Å². The summed E-state index contributed by atoms with van der Waals surface area (Å²) in [6.07, 6.45) is 0.843. The lowest BCUT2D eigenvalue weighted by molar-refractivity contribution is 0.106. The fourth-order valence-corrected chi connectivity index (χ4v) is 3.35. The highest BCUT2D eigenvalue weighted by atomic mass is 32.1. The van der Waals surface area contributed by atoms with Gasteiger partial charge in [0.05, 0.1) is 6.10 Å². The summed E-state index contributed by atoms with van der Waals surface area (Å²) >= 11 is 1.74. The number of hydrogen-bond acceptors (Lipinski definition) is 4. The van der Waals surface area contributed by atoms with Crippen molar-refractivity contribution in [1.29, 1.82) is 0 Å². The van der Waals surface area contributed by atoms with Crippen LogP contribution in [0.5, 0.6) is 0 Å². The number of aliphatic hydroxyl groups excluding tert-OH is 1. The molecule has 0 bridgehead atoms. The van der Waals surface area contributed by atoms with E-state index < -0.39 is 0 Å². The normalized spacial score (nSPS) is 25.8. The van der Waals surface area contributed by atoms with Crippen LogP contribution in [0.1, 0.15) is 27.2 Å². The third-order valence-corrected chi connectivity index (χ3v) is 4.52. The van der Waals surface area contributed by atoms with Crippen molar-refractivity contribution in [2.45, 2.75) is 39.3 Å². The lowest BCUT2D eigenvalue weighted by Gasteiger charge is -2.40. The van der Waals surface area contributed by atoms with Gasteiger partial charge in [-0.3, -0.25) is 0 Å². The number of anilines is 1. The van der Waals surface area contributed by atoms with E-state index in [2.05, 4.69) is 40.9 Å². The van der Waals surface area contributed by atoms with Gasteiger partial charge >= 0.3 is 0 Å². The fourth-order valence-electron chi connectivity index (χ4n) is 2.69. The zero-order valence-corrected chi connectivity index (χ0v) is 13.0. The van der Waals surface area contributed by atoms with Crippen LogP contribution in [-0.2, 0) is 0 Å². The van der Waals surface area contributed by atoms with Gasteiger partial charge in [0.1, 0.15) is 0 Å². The number of piperidine rings is 1. The third kappa shape index (κ3) is 4.20.